The van der Waals surface area contributed by atoms with Gasteiger partial charge in [-0.05, 0) is 30.0 Å². The summed E-state index contributed by atoms with van der Waals surface area (Å²) in [5.41, 5.74) is 1.10. The molecular weight excluding hydrogens is 394 g/mol. The standard InChI is InChI=1S/C20H27N3O5S/c1-3-15(2)16-4-6-17(7-5-16)29(27,28)22-12-10-21(11-13-22)20(26)14-23-18(24)8-9-19(23)25/h4-7,15H,3,8-14H2,1-2H3/t15-/m1/s1. The van der Waals surface area contributed by atoms with Crippen molar-refractivity contribution in [3.8, 4) is 0 Å². The number of hydrogen-bond donors (Lipinski definition) is 0. The molecule has 0 unspecified atom stereocenters. The van der Waals surface area contributed by atoms with E-state index in [1.807, 2.05) is 12.1 Å². The molecule has 158 valence electrons. The molecule has 0 aromatic heterocycles. The molecule has 9 heteroatoms. The lowest BCUT2D eigenvalue weighted by Crippen LogP contribution is -2.53. The summed E-state index contributed by atoms with van der Waals surface area (Å²) in [6.45, 7) is 4.76. The predicted octanol–water partition coefficient (Wildman–Crippen LogP) is 1.18. The Morgan fingerprint density at radius 2 is 1.55 bits per heavy atom. The molecule has 0 radical (unpaired) electrons. The van der Waals surface area contributed by atoms with Crippen LogP contribution in [0.5, 0.6) is 0 Å². The molecule has 8 nitrogen and oxygen atoms in total. The normalized spacial score (nSPS) is 19.7. The summed E-state index contributed by atoms with van der Waals surface area (Å²) in [7, 11) is -3.62. The van der Waals surface area contributed by atoms with Gasteiger partial charge in [0.05, 0.1) is 4.90 Å². The van der Waals surface area contributed by atoms with E-state index in [-0.39, 0.29) is 68.2 Å². The second-order valence-electron chi connectivity index (χ2n) is 7.54. The van der Waals surface area contributed by atoms with E-state index in [1.165, 1.54) is 9.21 Å². The molecule has 2 aliphatic rings. The lowest BCUT2D eigenvalue weighted by atomic mass is 9.99. The Kier molecular flexibility index (Phi) is 6.38. The fraction of sp³-hybridized carbons (Fsp3) is 0.550. The smallest absolute Gasteiger partial charge is 0.243 e. The Morgan fingerprint density at radius 1 is 1.00 bits per heavy atom. The van der Waals surface area contributed by atoms with Gasteiger partial charge in [0.1, 0.15) is 6.54 Å². The molecule has 0 N–H and O–H groups in total. The maximum atomic E-state index is 12.9. The number of sulfonamides is 1. The van der Waals surface area contributed by atoms with Crippen molar-refractivity contribution in [1.29, 1.82) is 0 Å². The molecule has 1 aromatic carbocycles. The summed E-state index contributed by atoms with van der Waals surface area (Å²) in [5.74, 6) is -0.616. The highest BCUT2D eigenvalue weighted by Gasteiger charge is 2.34. The maximum Gasteiger partial charge on any atom is 0.243 e. The molecule has 29 heavy (non-hydrogen) atoms. The first-order valence-electron chi connectivity index (χ1n) is 9.95. The van der Waals surface area contributed by atoms with Crippen LogP contribution in [-0.4, -0.2) is 73.0 Å². The maximum absolute atomic E-state index is 12.9. The minimum absolute atomic E-state index is 0.147. The van der Waals surface area contributed by atoms with Crippen molar-refractivity contribution in [3.05, 3.63) is 29.8 Å². The summed E-state index contributed by atoms with van der Waals surface area (Å²) in [5, 5.41) is 0. The van der Waals surface area contributed by atoms with Gasteiger partial charge in [0.25, 0.3) is 0 Å². The zero-order valence-electron chi connectivity index (χ0n) is 16.8. The van der Waals surface area contributed by atoms with Crippen LogP contribution in [0.2, 0.25) is 0 Å². The van der Waals surface area contributed by atoms with Crippen molar-refractivity contribution in [1.82, 2.24) is 14.1 Å². The Bertz CT molecular complexity index is 873. The van der Waals surface area contributed by atoms with Crippen molar-refractivity contribution in [3.63, 3.8) is 0 Å². The predicted molar refractivity (Wildman–Crippen MR) is 106 cm³/mol. The number of likely N-dealkylation sites (tertiary alicyclic amines) is 1. The molecule has 2 fully saturated rings. The zero-order valence-corrected chi connectivity index (χ0v) is 17.7. The second-order valence-corrected chi connectivity index (χ2v) is 9.47. The van der Waals surface area contributed by atoms with E-state index in [4.69, 9.17) is 0 Å². The number of imide groups is 1. The topological polar surface area (TPSA) is 95.1 Å². The number of benzene rings is 1. The van der Waals surface area contributed by atoms with Gasteiger partial charge in [-0.15, -0.1) is 0 Å². The Morgan fingerprint density at radius 3 is 2.07 bits per heavy atom. The van der Waals surface area contributed by atoms with Crippen molar-refractivity contribution in [2.24, 2.45) is 0 Å². The van der Waals surface area contributed by atoms with Crippen LogP contribution in [0.1, 0.15) is 44.6 Å². The molecule has 0 aliphatic carbocycles. The molecule has 1 atom stereocenters. The van der Waals surface area contributed by atoms with E-state index in [9.17, 15) is 22.8 Å². The summed E-state index contributed by atoms with van der Waals surface area (Å²) in [6.07, 6.45) is 1.28. The highest BCUT2D eigenvalue weighted by molar-refractivity contribution is 7.89. The molecule has 0 spiro atoms. The molecule has 0 saturated carbocycles. The summed E-state index contributed by atoms with van der Waals surface area (Å²) in [6, 6.07) is 6.98. The largest absolute Gasteiger partial charge is 0.338 e. The summed E-state index contributed by atoms with van der Waals surface area (Å²) in [4.78, 5) is 38.5. The number of amides is 3. The average molecular weight is 422 g/mol. The van der Waals surface area contributed by atoms with Crippen LogP contribution in [0.15, 0.2) is 29.2 Å². The van der Waals surface area contributed by atoms with Crippen LogP contribution in [0, 0.1) is 0 Å². The molecule has 3 rings (SSSR count). The van der Waals surface area contributed by atoms with Gasteiger partial charge in [0, 0.05) is 39.0 Å². The van der Waals surface area contributed by atoms with Gasteiger partial charge in [-0.3, -0.25) is 19.3 Å². The summed E-state index contributed by atoms with van der Waals surface area (Å²) < 4.78 is 27.2. The SMILES string of the molecule is CC[C@@H](C)c1ccc(S(=O)(=O)N2CCN(C(=O)CN3C(=O)CCC3=O)CC2)cc1. The third kappa shape index (κ3) is 4.51. The molecule has 2 heterocycles. The van der Waals surface area contributed by atoms with Gasteiger partial charge < -0.3 is 4.90 Å². The molecule has 1 aromatic rings. The second kappa shape index (κ2) is 8.62. The van der Waals surface area contributed by atoms with E-state index in [1.54, 1.807) is 12.1 Å². The first kappa shape index (κ1) is 21.4. The average Bonchev–Trinajstić information content (AvgIpc) is 3.05. The number of nitrogens with zero attached hydrogens (tertiary/aromatic N) is 3. The van der Waals surface area contributed by atoms with Gasteiger partial charge in [0.15, 0.2) is 0 Å². The van der Waals surface area contributed by atoms with Gasteiger partial charge in [-0.2, -0.15) is 4.31 Å². The lowest BCUT2D eigenvalue weighted by Gasteiger charge is -2.34. The number of hydrogen-bond acceptors (Lipinski definition) is 5. The van der Waals surface area contributed by atoms with E-state index < -0.39 is 10.0 Å². The van der Waals surface area contributed by atoms with Gasteiger partial charge >= 0.3 is 0 Å². The number of carbonyl (C=O) groups is 3. The van der Waals surface area contributed by atoms with Crippen LogP contribution >= 0.6 is 0 Å². The molecule has 2 saturated heterocycles. The van der Waals surface area contributed by atoms with Crippen LogP contribution < -0.4 is 0 Å². The molecular formula is C20H27N3O5S. The zero-order chi connectivity index (χ0) is 21.2. The van der Waals surface area contributed by atoms with Crippen molar-refractivity contribution in [2.75, 3.05) is 32.7 Å². The van der Waals surface area contributed by atoms with Gasteiger partial charge in [0.2, 0.25) is 27.7 Å². The fourth-order valence-electron chi connectivity index (χ4n) is 3.57. The number of piperazine rings is 1. The van der Waals surface area contributed by atoms with Crippen LogP contribution in [0.3, 0.4) is 0 Å². The van der Waals surface area contributed by atoms with Crippen LogP contribution in [-0.2, 0) is 24.4 Å². The van der Waals surface area contributed by atoms with E-state index >= 15 is 0 Å². The van der Waals surface area contributed by atoms with E-state index in [0.29, 0.717) is 5.92 Å². The van der Waals surface area contributed by atoms with Crippen molar-refractivity contribution < 1.29 is 22.8 Å². The lowest BCUT2D eigenvalue weighted by molar-refractivity contribution is -0.145. The van der Waals surface area contributed by atoms with Crippen LogP contribution in [0.4, 0.5) is 0 Å². The first-order valence-corrected chi connectivity index (χ1v) is 11.4. The number of carbonyl (C=O) groups excluding carboxylic acids is 3. The summed E-state index contributed by atoms with van der Waals surface area (Å²) >= 11 is 0. The minimum Gasteiger partial charge on any atom is -0.338 e. The van der Waals surface area contributed by atoms with Crippen LogP contribution in [0.25, 0.3) is 0 Å². The van der Waals surface area contributed by atoms with E-state index in [2.05, 4.69) is 13.8 Å². The fourth-order valence-corrected chi connectivity index (χ4v) is 4.99. The first-order chi connectivity index (χ1) is 13.7. The molecule has 0 bridgehead atoms. The monoisotopic (exact) mass is 421 g/mol. The highest BCUT2D eigenvalue weighted by Crippen LogP contribution is 2.23. The van der Waals surface area contributed by atoms with Gasteiger partial charge in [-0.25, -0.2) is 8.42 Å². The minimum atomic E-state index is -3.62. The van der Waals surface area contributed by atoms with Crippen molar-refractivity contribution in [2.45, 2.75) is 43.9 Å². The third-order valence-corrected chi connectivity index (χ3v) is 7.65. The quantitative estimate of drug-likeness (QED) is 0.643. The Balaban J connectivity index is 1.60. The Labute approximate surface area is 171 Å². The van der Waals surface area contributed by atoms with Crippen molar-refractivity contribution >= 4 is 27.7 Å². The Hall–Kier alpha value is -2.26. The van der Waals surface area contributed by atoms with Gasteiger partial charge in [-0.1, -0.05) is 26.0 Å². The molecule has 2 aliphatic heterocycles. The molecule has 3 amide bonds. The third-order valence-electron chi connectivity index (χ3n) is 5.74. The van der Waals surface area contributed by atoms with E-state index in [0.717, 1.165) is 16.9 Å². The number of rotatable bonds is 6. The highest BCUT2D eigenvalue weighted by atomic mass is 32.2.